The van der Waals surface area contributed by atoms with Crippen molar-refractivity contribution in [3.8, 4) is 0 Å². The predicted octanol–water partition coefficient (Wildman–Crippen LogP) is 0.254. The number of hydrogen-bond acceptors (Lipinski definition) is 4. The van der Waals surface area contributed by atoms with Gasteiger partial charge in [0.2, 0.25) is 0 Å². The number of carbonyl (C=O) groups is 1. The normalized spacial score (nSPS) is 22.6. The lowest BCUT2D eigenvalue weighted by molar-refractivity contribution is -0.144. The van der Waals surface area contributed by atoms with E-state index in [0.717, 1.165) is 25.9 Å². The van der Waals surface area contributed by atoms with Crippen molar-refractivity contribution < 1.29 is 14.6 Å². The Bertz CT molecular complexity index is 184. The molecule has 1 aliphatic heterocycles. The van der Waals surface area contributed by atoms with Crippen molar-refractivity contribution >= 4 is 5.97 Å². The highest BCUT2D eigenvalue weighted by atomic mass is 16.5. The highest BCUT2D eigenvalue weighted by Crippen LogP contribution is 2.18. The number of esters is 1. The van der Waals surface area contributed by atoms with Gasteiger partial charge in [-0.15, -0.1) is 0 Å². The molecule has 1 aliphatic rings. The Kier molecular flexibility index (Phi) is 4.90. The molecule has 0 aliphatic carbocycles. The lowest BCUT2D eigenvalue weighted by Crippen LogP contribution is -2.29. The van der Waals surface area contributed by atoms with Gasteiger partial charge in [0.1, 0.15) is 0 Å². The van der Waals surface area contributed by atoms with Gasteiger partial charge in [-0.2, -0.15) is 0 Å². The first-order chi connectivity index (χ1) is 6.76. The fourth-order valence-corrected chi connectivity index (χ4v) is 1.86. The summed E-state index contributed by atoms with van der Waals surface area (Å²) in [6.45, 7) is 4.78. The number of aliphatic hydroxyl groups is 1. The van der Waals surface area contributed by atoms with E-state index in [1.807, 2.05) is 6.92 Å². The third kappa shape index (κ3) is 3.64. The summed E-state index contributed by atoms with van der Waals surface area (Å²) in [6.07, 6.45) is 1.93. The van der Waals surface area contributed by atoms with Crippen LogP contribution >= 0.6 is 0 Å². The summed E-state index contributed by atoms with van der Waals surface area (Å²) in [6, 6.07) is 0. The summed E-state index contributed by atoms with van der Waals surface area (Å²) < 4.78 is 4.87. The zero-order valence-electron chi connectivity index (χ0n) is 8.74. The van der Waals surface area contributed by atoms with E-state index >= 15 is 0 Å². The number of carbonyl (C=O) groups excluding carboxylic acids is 1. The highest BCUT2D eigenvalue weighted by Gasteiger charge is 2.23. The molecule has 1 N–H and O–H groups in total. The first kappa shape index (κ1) is 11.5. The topological polar surface area (TPSA) is 49.8 Å². The number of aliphatic hydroxyl groups excluding tert-OH is 1. The molecule has 1 heterocycles. The minimum Gasteiger partial charge on any atom is -0.465 e. The molecular weight excluding hydrogens is 182 g/mol. The number of ether oxygens (including phenoxy) is 1. The summed E-state index contributed by atoms with van der Waals surface area (Å²) >= 11 is 0. The van der Waals surface area contributed by atoms with Crippen molar-refractivity contribution in [3.05, 3.63) is 0 Å². The van der Waals surface area contributed by atoms with Crippen molar-refractivity contribution in [2.24, 2.45) is 5.92 Å². The predicted molar refractivity (Wildman–Crippen MR) is 52.9 cm³/mol. The monoisotopic (exact) mass is 201 g/mol. The van der Waals surface area contributed by atoms with E-state index in [1.54, 1.807) is 0 Å². The average Bonchev–Trinajstić information content (AvgIpc) is 2.53. The van der Waals surface area contributed by atoms with Crippen LogP contribution in [0.3, 0.4) is 0 Å². The highest BCUT2D eigenvalue weighted by molar-refractivity contribution is 5.71. The molecular formula is C10H19NO3. The smallest absolute Gasteiger partial charge is 0.320 e. The van der Waals surface area contributed by atoms with Gasteiger partial charge in [-0.1, -0.05) is 0 Å². The van der Waals surface area contributed by atoms with E-state index in [1.165, 1.54) is 0 Å². The lowest BCUT2D eigenvalue weighted by atomic mass is 10.1. The molecule has 4 heteroatoms. The van der Waals surface area contributed by atoms with E-state index in [2.05, 4.69) is 4.90 Å². The minimum atomic E-state index is -0.142. The third-order valence-corrected chi connectivity index (χ3v) is 2.57. The summed E-state index contributed by atoms with van der Waals surface area (Å²) in [5, 5.41) is 8.77. The van der Waals surface area contributed by atoms with Crippen molar-refractivity contribution in [1.29, 1.82) is 0 Å². The molecule has 0 bridgehead atoms. The molecule has 1 atom stereocenters. The van der Waals surface area contributed by atoms with Gasteiger partial charge in [-0.05, 0) is 32.2 Å². The zero-order valence-corrected chi connectivity index (χ0v) is 8.74. The van der Waals surface area contributed by atoms with E-state index < -0.39 is 0 Å². The Hall–Kier alpha value is -0.610. The maximum atomic E-state index is 11.2. The zero-order chi connectivity index (χ0) is 10.4. The summed E-state index contributed by atoms with van der Waals surface area (Å²) in [5.41, 5.74) is 0. The summed E-state index contributed by atoms with van der Waals surface area (Å²) in [5.74, 6) is 0.409. The molecule has 0 aromatic carbocycles. The molecule has 82 valence electrons. The molecule has 1 unspecified atom stereocenters. The van der Waals surface area contributed by atoms with Crippen LogP contribution < -0.4 is 0 Å². The molecule has 0 saturated carbocycles. The van der Waals surface area contributed by atoms with Crippen LogP contribution in [-0.4, -0.2) is 48.8 Å². The van der Waals surface area contributed by atoms with Crippen LogP contribution in [0.1, 0.15) is 19.8 Å². The number of nitrogens with zero attached hydrogens (tertiary/aromatic N) is 1. The molecule has 0 amide bonds. The molecule has 1 saturated heterocycles. The van der Waals surface area contributed by atoms with Crippen LogP contribution in [0, 0.1) is 5.92 Å². The van der Waals surface area contributed by atoms with Gasteiger partial charge in [-0.25, -0.2) is 0 Å². The van der Waals surface area contributed by atoms with Gasteiger partial charge in [0.25, 0.3) is 0 Å². The number of likely N-dealkylation sites (tertiary alicyclic amines) is 1. The van der Waals surface area contributed by atoms with E-state index in [4.69, 9.17) is 9.84 Å². The molecule has 0 radical (unpaired) electrons. The van der Waals surface area contributed by atoms with Crippen LogP contribution in [-0.2, 0) is 9.53 Å². The second kappa shape index (κ2) is 5.98. The second-order valence-corrected chi connectivity index (χ2v) is 3.71. The Morgan fingerprint density at radius 1 is 1.64 bits per heavy atom. The third-order valence-electron chi connectivity index (χ3n) is 2.57. The van der Waals surface area contributed by atoms with Gasteiger partial charge < -0.3 is 9.84 Å². The quantitative estimate of drug-likeness (QED) is 0.648. The van der Waals surface area contributed by atoms with Crippen molar-refractivity contribution in [2.45, 2.75) is 19.8 Å². The van der Waals surface area contributed by atoms with E-state index in [0.29, 0.717) is 19.1 Å². The Morgan fingerprint density at radius 3 is 3.07 bits per heavy atom. The molecule has 1 rings (SSSR count). The molecule has 1 fully saturated rings. The Morgan fingerprint density at radius 2 is 2.43 bits per heavy atom. The Balaban J connectivity index is 2.18. The lowest BCUT2D eigenvalue weighted by Gasteiger charge is -2.14. The van der Waals surface area contributed by atoms with Crippen molar-refractivity contribution in [3.63, 3.8) is 0 Å². The second-order valence-electron chi connectivity index (χ2n) is 3.71. The standard InChI is InChI=1S/C10H19NO3/c1-2-14-10(13)8-11-5-3-9(7-11)4-6-12/h9,12H,2-8H2,1H3. The van der Waals surface area contributed by atoms with Gasteiger partial charge >= 0.3 is 5.97 Å². The van der Waals surface area contributed by atoms with Crippen LogP contribution in [0.4, 0.5) is 0 Å². The van der Waals surface area contributed by atoms with Crippen molar-refractivity contribution in [1.82, 2.24) is 4.90 Å². The molecule has 0 spiro atoms. The molecule has 4 nitrogen and oxygen atoms in total. The average molecular weight is 201 g/mol. The maximum absolute atomic E-state index is 11.2. The molecule has 0 aromatic heterocycles. The molecule has 14 heavy (non-hydrogen) atoms. The van der Waals surface area contributed by atoms with Crippen LogP contribution in [0.5, 0.6) is 0 Å². The first-order valence-corrected chi connectivity index (χ1v) is 5.25. The fourth-order valence-electron chi connectivity index (χ4n) is 1.86. The largest absolute Gasteiger partial charge is 0.465 e. The van der Waals surface area contributed by atoms with Crippen LogP contribution in [0.2, 0.25) is 0 Å². The van der Waals surface area contributed by atoms with Crippen LogP contribution in [0.15, 0.2) is 0 Å². The Labute approximate surface area is 84.8 Å². The van der Waals surface area contributed by atoms with E-state index in [9.17, 15) is 4.79 Å². The summed E-state index contributed by atoms with van der Waals surface area (Å²) in [7, 11) is 0. The SMILES string of the molecule is CCOC(=O)CN1CCC(CCO)C1. The summed E-state index contributed by atoms with van der Waals surface area (Å²) in [4.78, 5) is 13.2. The number of hydrogen-bond donors (Lipinski definition) is 1. The molecule has 0 aromatic rings. The van der Waals surface area contributed by atoms with Gasteiger partial charge in [0.05, 0.1) is 13.2 Å². The van der Waals surface area contributed by atoms with Crippen LogP contribution in [0.25, 0.3) is 0 Å². The minimum absolute atomic E-state index is 0.142. The maximum Gasteiger partial charge on any atom is 0.320 e. The van der Waals surface area contributed by atoms with Gasteiger partial charge in [0.15, 0.2) is 0 Å². The first-order valence-electron chi connectivity index (χ1n) is 5.25. The number of rotatable bonds is 5. The fraction of sp³-hybridized carbons (Fsp3) is 0.900. The van der Waals surface area contributed by atoms with Gasteiger partial charge in [0, 0.05) is 13.2 Å². The van der Waals surface area contributed by atoms with E-state index in [-0.39, 0.29) is 12.6 Å². The van der Waals surface area contributed by atoms with Gasteiger partial charge in [-0.3, -0.25) is 9.69 Å². The van der Waals surface area contributed by atoms with Crippen molar-refractivity contribution in [2.75, 3.05) is 32.8 Å².